The first kappa shape index (κ1) is 15.0. The summed E-state index contributed by atoms with van der Waals surface area (Å²) in [4.78, 5) is 25.7. The Morgan fingerprint density at radius 2 is 2.00 bits per heavy atom. The summed E-state index contributed by atoms with van der Waals surface area (Å²) in [6.07, 6.45) is 1.08. The van der Waals surface area contributed by atoms with Gasteiger partial charge in [0.15, 0.2) is 0 Å². The van der Waals surface area contributed by atoms with Crippen molar-refractivity contribution in [3.63, 3.8) is 0 Å². The Labute approximate surface area is 123 Å². The summed E-state index contributed by atoms with van der Waals surface area (Å²) in [6.45, 7) is 3.84. The summed E-state index contributed by atoms with van der Waals surface area (Å²) in [5, 5.41) is 6.09. The lowest BCUT2D eigenvalue weighted by Crippen LogP contribution is -2.18. The van der Waals surface area contributed by atoms with E-state index in [4.69, 9.17) is 0 Å². The number of hydrogen-bond acceptors (Lipinski definition) is 3. The number of pyridine rings is 1. The van der Waals surface area contributed by atoms with E-state index in [0.717, 1.165) is 25.1 Å². The van der Waals surface area contributed by atoms with Gasteiger partial charge in [-0.3, -0.25) is 9.59 Å². The highest BCUT2D eigenvalue weighted by Gasteiger charge is 2.06. The largest absolute Gasteiger partial charge is 0.321 e. The Morgan fingerprint density at radius 3 is 2.76 bits per heavy atom. The SMILES string of the molecule is CCCNCc1cccc(NC(=O)c2cccc(=O)[nH]2)c1. The minimum absolute atomic E-state index is 0.247. The van der Waals surface area contributed by atoms with Crippen molar-refractivity contribution in [1.82, 2.24) is 10.3 Å². The zero-order chi connectivity index (χ0) is 15.1. The molecule has 1 amide bonds. The smallest absolute Gasteiger partial charge is 0.272 e. The number of carbonyl (C=O) groups excluding carboxylic acids is 1. The lowest BCUT2D eigenvalue weighted by molar-refractivity contribution is 0.102. The van der Waals surface area contributed by atoms with E-state index >= 15 is 0 Å². The second-order valence-corrected chi connectivity index (χ2v) is 4.76. The Balaban J connectivity index is 2.04. The number of nitrogens with one attached hydrogen (secondary N) is 3. The number of H-pyrrole nitrogens is 1. The maximum atomic E-state index is 12.0. The molecule has 1 heterocycles. The molecule has 21 heavy (non-hydrogen) atoms. The summed E-state index contributed by atoms with van der Waals surface area (Å²) in [6, 6.07) is 12.1. The maximum absolute atomic E-state index is 12.0. The number of benzene rings is 1. The van der Waals surface area contributed by atoms with Crippen LogP contribution in [0.4, 0.5) is 5.69 Å². The van der Waals surface area contributed by atoms with Gasteiger partial charge < -0.3 is 15.6 Å². The fourth-order valence-electron chi connectivity index (χ4n) is 1.95. The number of anilines is 1. The fourth-order valence-corrected chi connectivity index (χ4v) is 1.95. The van der Waals surface area contributed by atoms with Crippen molar-refractivity contribution < 1.29 is 4.79 Å². The van der Waals surface area contributed by atoms with Gasteiger partial charge in [0, 0.05) is 18.3 Å². The topological polar surface area (TPSA) is 74.0 Å². The molecule has 0 aliphatic carbocycles. The van der Waals surface area contributed by atoms with Gasteiger partial charge in [0.25, 0.3) is 5.91 Å². The highest BCUT2D eigenvalue weighted by Crippen LogP contribution is 2.11. The number of aromatic amines is 1. The molecule has 1 aromatic heterocycles. The van der Waals surface area contributed by atoms with Crippen LogP contribution in [0, 0.1) is 0 Å². The third-order valence-electron chi connectivity index (χ3n) is 2.95. The number of rotatable bonds is 6. The zero-order valence-electron chi connectivity index (χ0n) is 12.0. The van der Waals surface area contributed by atoms with E-state index in [0.29, 0.717) is 5.69 Å². The molecule has 0 fully saturated rings. The zero-order valence-corrected chi connectivity index (χ0v) is 12.0. The van der Waals surface area contributed by atoms with Crippen LogP contribution in [-0.4, -0.2) is 17.4 Å². The third kappa shape index (κ3) is 4.57. The average molecular weight is 285 g/mol. The molecule has 3 N–H and O–H groups in total. The molecule has 0 unspecified atom stereocenters. The highest BCUT2D eigenvalue weighted by atomic mass is 16.2. The van der Waals surface area contributed by atoms with Crippen LogP contribution in [0.1, 0.15) is 29.4 Å². The maximum Gasteiger partial charge on any atom is 0.272 e. The Bertz CT molecular complexity index is 664. The van der Waals surface area contributed by atoms with Crippen LogP contribution in [0.3, 0.4) is 0 Å². The third-order valence-corrected chi connectivity index (χ3v) is 2.95. The van der Waals surface area contributed by atoms with Crippen molar-refractivity contribution in [3.05, 3.63) is 64.1 Å². The molecule has 5 nitrogen and oxygen atoms in total. The van der Waals surface area contributed by atoms with Crippen LogP contribution >= 0.6 is 0 Å². The molecule has 2 rings (SSSR count). The Kier molecular flexibility index (Phi) is 5.29. The van der Waals surface area contributed by atoms with Crippen LogP contribution in [-0.2, 0) is 6.54 Å². The second-order valence-electron chi connectivity index (χ2n) is 4.76. The van der Waals surface area contributed by atoms with Crippen LogP contribution < -0.4 is 16.2 Å². The molecular formula is C16H19N3O2. The van der Waals surface area contributed by atoms with Gasteiger partial charge in [-0.25, -0.2) is 0 Å². The quantitative estimate of drug-likeness (QED) is 0.712. The molecule has 0 radical (unpaired) electrons. The molecule has 2 aromatic rings. The lowest BCUT2D eigenvalue weighted by Gasteiger charge is -2.08. The molecule has 0 saturated carbocycles. The summed E-state index contributed by atoms with van der Waals surface area (Å²) in [5.74, 6) is -0.327. The van der Waals surface area contributed by atoms with E-state index in [1.54, 1.807) is 12.1 Å². The van der Waals surface area contributed by atoms with Gasteiger partial charge in [-0.05, 0) is 36.7 Å². The van der Waals surface area contributed by atoms with Crippen molar-refractivity contribution in [3.8, 4) is 0 Å². The molecule has 0 saturated heterocycles. The van der Waals surface area contributed by atoms with Gasteiger partial charge in [0.1, 0.15) is 5.69 Å². The van der Waals surface area contributed by atoms with Crippen molar-refractivity contribution >= 4 is 11.6 Å². The number of amides is 1. The standard InChI is InChI=1S/C16H19N3O2/c1-2-9-17-11-12-5-3-6-13(10-12)18-16(21)14-7-4-8-15(20)19-14/h3-8,10,17H,2,9,11H2,1H3,(H,18,21)(H,19,20). The molecule has 0 aliphatic heterocycles. The minimum atomic E-state index is -0.327. The molecule has 110 valence electrons. The predicted octanol–water partition coefficient (Wildman–Crippen LogP) is 2.13. The predicted molar refractivity (Wildman–Crippen MR) is 83.5 cm³/mol. The molecule has 0 spiro atoms. The lowest BCUT2D eigenvalue weighted by atomic mass is 10.2. The molecule has 1 aromatic carbocycles. The molecular weight excluding hydrogens is 266 g/mol. The fraction of sp³-hybridized carbons (Fsp3) is 0.250. The van der Waals surface area contributed by atoms with Gasteiger partial charge in [-0.15, -0.1) is 0 Å². The molecule has 5 heteroatoms. The van der Waals surface area contributed by atoms with E-state index < -0.39 is 0 Å². The highest BCUT2D eigenvalue weighted by molar-refractivity contribution is 6.02. The summed E-state index contributed by atoms with van der Waals surface area (Å²) in [5.41, 5.74) is 1.76. The van der Waals surface area contributed by atoms with Gasteiger partial charge in [-0.2, -0.15) is 0 Å². The second kappa shape index (κ2) is 7.40. The average Bonchev–Trinajstić information content (AvgIpc) is 2.48. The first-order valence-electron chi connectivity index (χ1n) is 6.99. The number of hydrogen-bond donors (Lipinski definition) is 3. The summed E-state index contributed by atoms with van der Waals surface area (Å²) < 4.78 is 0. The van der Waals surface area contributed by atoms with Crippen molar-refractivity contribution in [2.75, 3.05) is 11.9 Å². The monoisotopic (exact) mass is 285 g/mol. The van der Waals surface area contributed by atoms with Crippen LogP contribution in [0.2, 0.25) is 0 Å². The number of carbonyl (C=O) groups is 1. The van der Waals surface area contributed by atoms with Crippen molar-refractivity contribution in [2.45, 2.75) is 19.9 Å². The molecule has 0 bridgehead atoms. The normalized spacial score (nSPS) is 10.3. The van der Waals surface area contributed by atoms with Gasteiger partial charge in [0.05, 0.1) is 0 Å². The van der Waals surface area contributed by atoms with Gasteiger partial charge in [-0.1, -0.05) is 25.1 Å². The van der Waals surface area contributed by atoms with E-state index in [1.807, 2.05) is 24.3 Å². The van der Waals surface area contributed by atoms with Gasteiger partial charge >= 0.3 is 0 Å². The van der Waals surface area contributed by atoms with E-state index in [2.05, 4.69) is 22.5 Å². The van der Waals surface area contributed by atoms with E-state index in [9.17, 15) is 9.59 Å². The number of aromatic nitrogens is 1. The van der Waals surface area contributed by atoms with Gasteiger partial charge in [0.2, 0.25) is 5.56 Å². The molecule has 0 aliphatic rings. The van der Waals surface area contributed by atoms with Crippen LogP contribution in [0.5, 0.6) is 0 Å². The van der Waals surface area contributed by atoms with E-state index in [1.165, 1.54) is 6.07 Å². The Hall–Kier alpha value is -2.40. The summed E-state index contributed by atoms with van der Waals surface area (Å²) >= 11 is 0. The van der Waals surface area contributed by atoms with Crippen molar-refractivity contribution in [2.24, 2.45) is 0 Å². The minimum Gasteiger partial charge on any atom is -0.321 e. The van der Waals surface area contributed by atoms with E-state index in [-0.39, 0.29) is 17.2 Å². The first-order chi connectivity index (χ1) is 10.2. The van der Waals surface area contributed by atoms with Crippen LogP contribution in [0.25, 0.3) is 0 Å². The summed E-state index contributed by atoms with van der Waals surface area (Å²) in [7, 11) is 0. The van der Waals surface area contributed by atoms with Crippen molar-refractivity contribution in [1.29, 1.82) is 0 Å². The first-order valence-corrected chi connectivity index (χ1v) is 6.99. The molecule has 0 atom stereocenters. The van der Waals surface area contributed by atoms with Crippen LogP contribution in [0.15, 0.2) is 47.3 Å². The Morgan fingerprint density at radius 1 is 1.19 bits per heavy atom.